The van der Waals surface area contributed by atoms with Crippen LogP contribution in [0.25, 0.3) is 0 Å². The summed E-state index contributed by atoms with van der Waals surface area (Å²) in [7, 11) is -4.22. The predicted molar refractivity (Wildman–Crippen MR) is 63.6 cm³/mol. The summed E-state index contributed by atoms with van der Waals surface area (Å²) >= 11 is 4.13. The lowest BCUT2D eigenvalue weighted by Gasteiger charge is -2.25. The van der Waals surface area contributed by atoms with Crippen molar-refractivity contribution in [1.29, 1.82) is 0 Å². The van der Waals surface area contributed by atoms with Gasteiger partial charge >= 0.3 is 0 Å². The second-order valence-electron chi connectivity index (χ2n) is 3.38. The molecule has 0 spiro atoms. The SMILES string of the molecule is CCCC(S)(c1ccccc1)S(=O)(=O)O. The Kier molecular flexibility index (Phi) is 3.81. The topological polar surface area (TPSA) is 54.4 Å². The van der Waals surface area contributed by atoms with Gasteiger partial charge < -0.3 is 0 Å². The van der Waals surface area contributed by atoms with E-state index >= 15 is 0 Å². The third-order valence-corrected chi connectivity index (χ3v) is 4.71. The van der Waals surface area contributed by atoms with Gasteiger partial charge in [0.15, 0.2) is 4.08 Å². The molecule has 84 valence electrons. The molecule has 0 aliphatic carbocycles. The molecule has 0 saturated carbocycles. The molecule has 0 bridgehead atoms. The highest BCUT2D eigenvalue weighted by Crippen LogP contribution is 2.38. The van der Waals surface area contributed by atoms with Crippen LogP contribution in [0.4, 0.5) is 0 Å². The molecule has 1 unspecified atom stereocenters. The van der Waals surface area contributed by atoms with Crippen LogP contribution < -0.4 is 0 Å². The van der Waals surface area contributed by atoms with E-state index in [4.69, 9.17) is 0 Å². The fraction of sp³-hybridized carbons (Fsp3) is 0.400. The first-order valence-corrected chi connectivity index (χ1v) is 6.55. The molecule has 1 atom stereocenters. The lowest BCUT2D eigenvalue weighted by molar-refractivity contribution is 0.455. The van der Waals surface area contributed by atoms with E-state index in [1.807, 2.05) is 6.92 Å². The van der Waals surface area contributed by atoms with Crippen LogP contribution in [0.2, 0.25) is 0 Å². The van der Waals surface area contributed by atoms with E-state index in [9.17, 15) is 13.0 Å². The maximum absolute atomic E-state index is 11.3. The van der Waals surface area contributed by atoms with Crippen molar-refractivity contribution < 1.29 is 13.0 Å². The van der Waals surface area contributed by atoms with Crippen LogP contribution in [0.15, 0.2) is 30.3 Å². The highest BCUT2D eigenvalue weighted by Gasteiger charge is 2.40. The van der Waals surface area contributed by atoms with Crippen molar-refractivity contribution in [2.24, 2.45) is 0 Å². The van der Waals surface area contributed by atoms with Gasteiger partial charge in [-0.25, -0.2) is 0 Å². The molecule has 1 aromatic rings. The summed E-state index contributed by atoms with van der Waals surface area (Å²) < 4.78 is 30.4. The number of rotatable bonds is 4. The first-order chi connectivity index (χ1) is 6.92. The van der Waals surface area contributed by atoms with E-state index in [0.717, 1.165) is 0 Å². The van der Waals surface area contributed by atoms with Gasteiger partial charge in [0, 0.05) is 0 Å². The summed E-state index contributed by atoms with van der Waals surface area (Å²) in [6, 6.07) is 8.53. The van der Waals surface area contributed by atoms with E-state index in [2.05, 4.69) is 12.6 Å². The molecule has 1 N–H and O–H groups in total. The van der Waals surface area contributed by atoms with Crippen molar-refractivity contribution in [2.45, 2.75) is 23.8 Å². The Morgan fingerprint density at radius 1 is 1.33 bits per heavy atom. The van der Waals surface area contributed by atoms with Crippen LogP contribution in [0.1, 0.15) is 25.3 Å². The third-order valence-electron chi connectivity index (χ3n) is 2.24. The van der Waals surface area contributed by atoms with Crippen molar-refractivity contribution in [3.8, 4) is 0 Å². The lowest BCUT2D eigenvalue weighted by Crippen LogP contribution is -2.29. The summed E-state index contributed by atoms with van der Waals surface area (Å²) in [4.78, 5) is 0. The Balaban J connectivity index is 3.26. The minimum absolute atomic E-state index is 0.277. The Morgan fingerprint density at radius 3 is 2.27 bits per heavy atom. The van der Waals surface area contributed by atoms with Gasteiger partial charge in [0.25, 0.3) is 10.1 Å². The lowest BCUT2D eigenvalue weighted by atomic mass is 10.1. The van der Waals surface area contributed by atoms with Gasteiger partial charge in [-0.2, -0.15) is 8.42 Å². The number of thiol groups is 1. The van der Waals surface area contributed by atoms with Crippen molar-refractivity contribution in [1.82, 2.24) is 0 Å². The summed E-state index contributed by atoms with van der Waals surface area (Å²) in [6.45, 7) is 1.85. The summed E-state index contributed by atoms with van der Waals surface area (Å²) in [5, 5.41) is 0. The van der Waals surface area contributed by atoms with Gasteiger partial charge in [-0.05, 0) is 12.0 Å². The normalized spacial score (nSPS) is 15.9. The Morgan fingerprint density at radius 2 is 1.87 bits per heavy atom. The van der Waals surface area contributed by atoms with Crippen LogP contribution in [0, 0.1) is 0 Å². The zero-order valence-corrected chi connectivity index (χ0v) is 10.1. The average Bonchev–Trinajstić information content (AvgIpc) is 2.18. The number of hydrogen-bond acceptors (Lipinski definition) is 3. The van der Waals surface area contributed by atoms with Crippen LogP contribution in [0.3, 0.4) is 0 Å². The maximum Gasteiger partial charge on any atom is 0.284 e. The van der Waals surface area contributed by atoms with Crippen LogP contribution >= 0.6 is 12.6 Å². The maximum atomic E-state index is 11.3. The summed E-state index contributed by atoms with van der Waals surface area (Å²) in [5.74, 6) is 0. The molecule has 15 heavy (non-hydrogen) atoms. The Bertz CT molecular complexity index is 414. The highest BCUT2D eigenvalue weighted by atomic mass is 32.3. The highest BCUT2D eigenvalue weighted by molar-refractivity contribution is 8.02. The Hall–Kier alpha value is -0.520. The molecule has 0 amide bonds. The van der Waals surface area contributed by atoms with E-state index < -0.39 is 14.2 Å². The first-order valence-electron chi connectivity index (χ1n) is 4.66. The minimum Gasteiger partial charge on any atom is -0.284 e. The largest absolute Gasteiger partial charge is 0.284 e. The second kappa shape index (κ2) is 4.55. The molecule has 3 nitrogen and oxygen atoms in total. The molecule has 0 aliphatic rings. The van der Waals surface area contributed by atoms with Crippen molar-refractivity contribution >= 4 is 22.7 Å². The van der Waals surface area contributed by atoms with Crippen molar-refractivity contribution in [2.75, 3.05) is 0 Å². The average molecular weight is 246 g/mol. The molecule has 0 heterocycles. The van der Waals surface area contributed by atoms with Crippen LogP contribution in [-0.2, 0) is 14.2 Å². The summed E-state index contributed by atoms with van der Waals surface area (Å²) in [5.41, 5.74) is 0.498. The van der Waals surface area contributed by atoms with E-state index in [0.29, 0.717) is 12.0 Å². The molecule has 0 radical (unpaired) electrons. The van der Waals surface area contributed by atoms with Crippen molar-refractivity contribution in [3.63, 3.8) is 0 Å². The second-order valence-corrected chi connectivity index (χ2v) is 6.09. The number of benzene rings is 1. The fourth-order valence-corrected chi connectivity index (χ4v) is 2.73. The standard InChI is InChI=1S/C10H14O3S2/c1-2-8-10(14,15(11,12)13)9-6-4-3-5-7-9/h3-7,14H,2,8H2,1H3,(H,11,12,13). The van der Waals surface area contributed by atoms with Gasteiger partial charge in [-0.15, -0.1) is 12.6 Å². The molecule has 0 aliphatic heterocycles. The molecule has 1 aromatic carbocycles. The zero-order chi connectivity index (χ0) is 11.5. The number of hydrogen-bond donors (Lipinski definition) is 2. The van der Waals surface area contributed by atoms with Crippen LogP contribution in [0.5, 0.6) is 0 Å². The van der Waals surface area contributed by atoms with Crippen molar-refractivity contribution in [3.05, 3.63) is 35.9 Å². The van der Waals surface area contributed by atoms with Gasteiger partial charge in [-0.3, -0.25) is 4.55 Å². The quantitative estimate of drug-likeness (QED) is 0.634. The fourth-order valence-electron chi connectivity index (χ4n) is 1.46. The molecular formula is C10H14O3S2. The predicted octanol–water partition coefficient (Wildman–Crippen LogP) is 2.46. The van der Waals surface area contributed by atoms with Crippen LogP contribution in [-0.4, -0.2) is 13.0 Å². The van der Waals surface area contributed by atoms with E-state index in [-0.39, 0.29) is 6.42 Å². The molecule has 0 saturated heterocycles. The van der Waals surface area contributed by atoms with E-state index in [1.54, 1.807) is 30.3 Å². The monoisotopic (exact) mass is 246 g/mol. The third kappa shape index (κ3) is 2.53. The zero-order valence-electron chi connectivity index (χ0n) is 8.42. The Labute approximate surface area is 95.7 Å². The van der Waals surface area contributed by atoms with Gasteiger partial charge in [0.2, 0.25) is 0 Å². The smallest absolute Gasteiger partial charge is 0.284 e. The van der Waals surface area contributed by atoms with Gasteiger partial charge in [0.1, 0.15) is 0 Å². The molecule has 1 rings (SSSR count). The molecule has 0 fully saturated rings. The van der Waals surface area contributed by atoms with Gasteiger partial charge in [-0.1, -0.05) is 43.7 Å². The van der Waals surface area contributed by atoms with E-state index in [1.165, 1.54) is 0 Å². The molecular weight excluding hydrogens is 232 g/mol. The first kappa shape index (κ1) is 12.5. The molecule has 0 aromatic heterocycles. The molecule has 5 heteroatoms. The van der Waals surface area contributed by atoms with Gasteiger partial charge in [0.05, 0.1) is 0 Å². The minimum atomic E-state index is -4.22. The summed E-state index contributed by atoms with van der Waals surface area (Å²) in [6.07, 6.45) is 0.900.